The maximum absolute atomic E-state index is 10.6. The van der Waals surface area contributed by atoms with Crippen molar-refractivity contribution in [3.8, 4) is 0 Å². The average Bonchev–Trinajstić information content (AvgIpc) is 2.81. The molecule has 0 saturated carbocycles. The summed E-state index contributed by atoms with van der Waals surface area (Å²) in [6.45, 7) is 13.5. The van der Waals surface area contributed by atoms with Gasteiger partial charge in [-0.3, -0.25) is 0 Å². The van der Waals surface area contributed by atoms with Crippen LogP contribution in [0.25, 0.3) is 0 Å². The molecule has 0 aromatic rings. The molecule has 0 aromatic carbocycles. The Morgan fingerprint density at radius 1 is 1.12 bits per heavy atom. The lowest BCUT2D eigenvalue weighted by Gasteiger charge is -2.35. The van der Waals surface area contributed by atoms with E-state index in [2.05, 4.69) is 27.7 Å². The summed E-state index contributed by atoms with van der Waals surface area (Å²) < 4.78 is 17.5. The number of unbranched alkanes of at least 4 members (excludes halogenated alkanes) is 5. The molecule has 1 rings (SSSR count). The Labute approximate surface area is 149 Å². The van der Waals surface area contributed by atoms with Crippen molar-refractivity contribution in [1.82, 2.24) is 0 Å². The Balaban J connectivity index is 2.36. The highest BCUT2D eigenvalue weighted by Crippen LogP contribution is 2.29. The standard InChI is InChI=1S/C20H40O4/c1-7-8-9-10-11-12-13-17(21)18(19(2,3)4)22-14-16-15-23-20(5,6)24-16/h16-18,21H,7-15H2,1-6H3. The average molecular weight is 345 g/mol. The van der Waals surface area contributed by atoms with Gasteiger partial charge in [0.05, 0.1) is 25.4 Å². The van der Waals surface area contributed by atoms with Crippen molar-refractivity contribution in [3.05, 3.63) is 0 Å². The fourth-order valence-electron chi connectivity index (χ4n) is 3.28. The zero-order valence-corrected chi connectivity index (χ0v) is 16.8. The molecule has 1 fully saturated rings. The van der Waals surface area contributed by atoms with Crippen LogP contribution in [0.5, 0.6) is 0 Å². The van der Waals surface area contributed by atoms with Gasteiger partial charge in [0.15, 0.2) is 5.79 Å². The van der Waals surface area contributed by atoms with Gasteiger partial charge in [-0.05, 0) is 25.7 Å². The van der Waals surface area contributed by atoms with E-state index >= 15 is 0 Å². The van der Waals surface area contributed by atoms with Gasteiger partial charge in [-0.1, -0.05) is 66.2 Å². The van der Waals surface area contributed by atoms with Crippen LogP contribution in [0.1, 0.15) is 86.5 Å². The third kappa shape index (κ3) is 8.28. The molecule has 1 saturated heterocycles. The van der Waals surface area contributed by atoms with Gasteiger partial charge >= 0.3 is 0 Å². The Hall–Kier alpha value is -0.160. The summed E-state index contributed by atoms with van der Waals surface area (Å²) >= 11 is 0. The smallest absolute Gasteiger partial charge is 0.163 e. The highest BCUT2D eigenvalue weighted by Gasteiger charge is 2.36. The van der Waals surface area contributed by atoms with Gasteiger partial charge in [0.1, 0.15) is 6.10 Å². The van der Waals surface area contributed by atoms with Gasteiger partial charge in [-0.25, -0.2) is 0 Å². The van der Waals surface area contributed by atoms with Crippen molar-refractivity contribution in [2.75, 3.05) is 13.2 Å². The van der Waals surface area contributed by atoms with E-state index in [1.807, 2.05) is 13.8 Å². The summed E-state index contributed by atoms with van der Waals surface area (Å²) in [6.07, 6.45) is 7.57. The number of hydrogen-bond acceptors (Lipinski definition) is 4. The summed E-state index contributed by atoms with van der Waals surface area (Å²) in [4.78, 5) is 0. The van der Waals surface area contributed by atoms with Gasteiger partial charge < -0.3 is 19.3 Å². The van der Waals surface area contributed by atoms with E-state index in [9.17, 15) is 5.11 Å². The molecule has 4 nitrogen and oxygen atoms in total. The molecule has 0 radical (unpaired) electrons. The Morgan fingerprint density at radius 3 is 2.29 bits per heavy atom. The van der Waals surface area contributed by atoms with E-state index in [-0.39, 0.29) is 17.6 Å². The lowest BCUT2D eigenvalue weighted by molar-refractivity contribution is -0.159. The minimum atomic E-state index is -0.525. The summed E-state index contributed by atoms with van der Waals surface area (Å²) in [5, 5.41) is 10.6. The van der Waals surface area contributed by atoms with Gasteiger partial charge in [-0.2, -0.15) is 0 Å². The summed E-state index contributed by atoms with van der Waals surface area (Å²) in [5.41, 5.74) is -0.101. The number of ether oxygens (including phenoxy) is 3. The van der Waals surface area contributed by atoms with Gasteiger partial charge in [0.25, 0.3) is 0 Å². The van der Waals surface area contributed by atoms with Crippen LogP contribution in [0.3, 0.4) is 0 Å². The summed E-state index contributed by atoms with van der Waals surface area (Å²) in [7, 11) is 0. The van der Waals surface area contributed by atoms with Crippen LogP contribution in [-0.4, -0.2) is 42.4 Å². The number of aliphatic hydroxyl groups excluding tert-OH is 1. The maximum atomic E-state index is 10.6. The maximum Gasteiger partial charge on any atom is 0.163 e. The molecule has 1 aliphatic rings. The van der Waals surface area contributed by atoms with Crippen molar-refractivity contribution in [2.45, 2.75) is 111 Å². The minimum absolute atomic E-state index is 0.0499. The van der Waals surface area contributed by atoms with Crippen LogP contribution in [0, 0.1) is 5.41 Å². The fraction of sp³-hybridized carbons (Fsp3) is 1.00. The largest absolute Gasteiger partial charge is 0.390 e. The zero-order valence-electron chi connectivity index (χ0n) is 16.8. The van der Waals surface area contributed by atoms with Gasteiger partial charge in [-0.15, -0.1) is 0 Å². The first-order chi connectivity index (χ1) is 11.2. The second-order valence-corrected chi connectivity index (χ2v) is 8.69. The molecule has 144 valence electrons. The van der Waals surface area contributed by atoms with E-state index in [1.165, 1.54) is 32.1 Å². The molecule has 1 N–H and O–H groups in total. The third-order valence-corrected chi connectivity index (χ3v) is 4.59. The van der Waals surface area contributed by atoms with Crippen molar-refractivity contribution < 1.29 is 19.3 Å². The van der Waals surface area contributed by atoms with Crippen LogP contribution in [0.15, 0.2) is 0 Å². The molecule has 1 heterocycles. The van der Waals surface area contributed by atoms with Crippen molar-refractivity contribution in [3.63, 3.8) is 0 Å². The molecule has 0 aromatic heterocycles. The topological polar surface area (TPSA) is 47.9 Å². The van der Waals surface area contributed by atoms with E-state index in [1.54, 1.807) is 0 Å². The van der Waals surface area contributed by atoms with Crippen molar-refractivity contribution >= 4 is 0 Å². The predicted octanol–water partition coefficient (Wildman–Crippen LogP) is 4.68. The third-order valence-electron chi connectivity index (χ3n) is 4.59. The van der Waals surface area contributed by atoms with E-state index in [4.69, 9.17) is 14.2 Å². The van der Waals surface area contributed by atoms with Crippen LogP contribution in [0.4, 0.5) is 0 Å². The first kappa shape index (κ1) is 21.9. The normalized spacial score (nSPS) is 23.4. The number of rotatable bonds is 11. The van der Waals surface area contributed by atoms with E-state index in [0.29, 0.717) is 13.2 Å². The van der Waals surface area contributed by atoms with E-state index in [0.717, 1.165) is 12.8 Å². The van der Waals surface area contributed by atoms with Crippen LogP contribution >= 0.6 is 0 Å². The van der Waals surface area contributed by atoms with Crippen LogP contribution in [-0.2, 0) is 14.2 Å². The molecule has 4 heteroatoms. The Bertz CT molecular complexity index is 335. The summed E-state index contributed by atoms with van der Waals surface area (Å²) in [6, 6.07) is 0. The Kier molecular flexibility index (Phi) is 9.21. The minimum Gasteiger partial charge on any atom is -0.390 e. The molecule has 0 amide bonds. The lowest BCUT2D eigenvalue weighted by atomic mass is 9.84. The molecule has 1 aliphatic heterocycles. The monoisotopic (exact) mass is 344 g/mol. The highest BCUT2D eigenvalue weighted by atomic mass is 16.7. The van der Waals surface area contributed by atoms with Crippen molar-refractivity contribution in [1.29, 1.82) is 0 Å². The molecule has 24 heavy (non-hydrogen) atoms. The van der Waals surface area contributed by atoms with Crippen molar-refractivity contribution in [2.24, 2.45) is 5.41 Å². The molecule has 3 atom stereocenters. The first-order valence-electron chi connectivity index (χ1n) is 9.77. The predicted molar refractivity (Wildman–Crippen MR) is 98.1 cm³/mol. The highest BCUT2D eigenvalue weighted by molar-refractivity contribution is 4.82. The van der Waals surface area contributed by atoms with Crippen LogP contribution in [0.2, 0.25) is 0 Å². The lowest BCUT2D eigenvalue weighted by Crippen LogP contribution is -2.42. The number of hydrogen-bond donors (Lipinski definition) is 1. The van der Waals surface area contributed by atoms with E-state index < -0.39 is 11.9 Å². The SMILES string of the molecule is CCCCCCCCC(O)C(OCC1COC(C)(C)O1)C(C)(C)C. The second kappa shape index (κ2) is 10.1. The molecule has 3 unspecified atom stereocenters. The fourth-order valence-corrected chi connectivity index (χ4v) is 3.28. The molecule has 0 spiro atoms. The Morgan fingerprint density at radius 2 is 1.75 bits per heavy atom. The molecule has 0 aliphatic carbocycles. The van der Waals surface area contributed by atoms with Gasteiger partial charge in [0.2, 0.25) is 0 Å². The number of aliphatic hydroxyl groups is 1. The second-order valence-electron chi connectivity index (χ2n) is 8.69. The molecule has 0 bridgehead atoms. The molecular formula is C20H40O4. The summed E-state index contributed by atoms with van der Waals surface area (Å²) in [5.74, 6) is -0.525. The van der Waals surface area contributed by atoms with Crippen LogP contribution < -0.4 is 0 Å². The quantitative estimate of drug-likeness (QED) is 0.553. The molecular weight excluding hydrogens is 304 g/mol. The first-order valence-corrected chi connectivity index (χ1v) is 9.77. The van der Waals surface area contributed by atoms with Gasteiger partial charge in [0, 0.05) is 0 Å². The zero-order chi connectivity index (χ0) is 18.2.